The van der Waals surface area contributed by atoms with Gasteiger partial charge in [0.25, 0.3) is 5.91 Å². The molecule has 1 aliphatic rings. The lowest BCUT2D eigenvalue weighted by Gasteiger charge is -2.34. The summed E-state index contributed by atoms with van der Waals surface area (Å²) in [5.41, 5.74) is 0.00962. The van der Waals surface area contributed by atoms with Crippen LogP contribution < -0.4 is 0 Å². The van der Waals surface area contributed by atoms with Crippen molar-refractivity contribution < 1.29 is 26.7 Å². The zero-order valence-electron chi connectivity index (χ0n) is 16.8. The zero-order chi connectivity index (χ0) is 22.9. The van der Waals surface area contributed by atoms with Gasteiger partial charge in [0.2, 0.25) is 0 Å². The van der Waals surface area contributed by atoms with E-state index in [-0.39, 0.29) is 24.6 Å². The van der Waals surface area contributed by atoms with Crippen LogP contribution in [0.15, 0.2) is 41.9 Å². The highest BCUT2D eigenvalue weighted by molar-refractivity contribution is 7.12. The van der Waals surface area contributed by atoms with Gasteiger partial charge >= 0.3 is 6.18 Å². The van der Waals surface area contributed by atoms with Crippen molar-refractivity contribution in [2.75, 3.05) is 26.2 Å². The molecule has 1 saturated heterocycles. The minimum absolute atomic E-state index is 0.132. The predicted octanol–water partition coefficient (Wildman–Crippen LogP) is 4.25. The summed E-state index contributed by atoms with van der Waals surface area (Å²) in [5.74, 6) is -1.89. The number of aromatic nitrogens is 2. The maximum absolute atomic E-state index is 13.9. The fourth-order valence-corrected chi connectivity index (χ4v) is 4.41. The molecule has 170 valence electrons. The first kappa shape index (κ1) is 22.4. The fourth-order valence-electron chi connectivity index (χ4n) is 3.54. The van der Waals surface area contributed by atoms with Crippen molar-refractivity contribution in [3.05, 3.63) is 75.2 Å². The van der Waals surface area contributed by atoms with E-state index in [0.29, 0.717) is 36.6 Å². The molecular formula is C21H19F5N4OS. The van der Waals surface area contributed by atoms with E-state index < -0.39 is 23.5 Å². The van der Waals surface area contributed by atoms with Crippen LogP contribution in [0.5, 0.6) is 0 Å². The van der Waals surface area contributed by atoms with Gasteiger partial charge in [-0.1, -0.05) is 12.1 Å². The number of carbonyl (C=O) groups excluding carboxylic acids is 1. The smallest absolute Gasteiger partial charge is 0.335 e. The lowest BCUT2D eigenvalue weighted by Crippen LogP contribution is -2.48. The average Bonchev–Trinajstić information content (AvgIpc) is 3.42. The number of hydrogen-bond donors (Lipinski definition) is 0. The van der Waals surface area contributed by atoms with Crippen molar-refractivity contribution in [1.29, 1.82) is 0 Å². The maximum atomic E-state index is 13.9. The number of alkyl halides is 3. The van der Waals surface area contributed by atoms with Crippen molar-refractivity contribution in [3.8, 4) is 0 Å². The molecule has 0 aliphatic carbocycles. The molecule has 2 aromatic heterocycles. The van der Waals surface area contributed by atoms with Gasteiger partial charge in [-0.25, -0.2) is 8.78 Å². The number of amides is 1. The molecule has 0 saturated carbocycles. The van der Waals surface area contributed by atoms with Gasteiger partial charge in [-0.15, -0.1) is 11.3 Å². The van der Waals surface area contributed by atoms with Gasteiger partial charge in [0.15, 0.2) is 17.3 Å². The second-order valence-electron chi connectivity index (χ2n) is 7.50. The first-order valence-corrected chi connectivity index (χ1v) is 10.7. The third-order valence-corrected chi connectivity index (χ3v) is 6.19. The summed E-state index contributed by atoms with van der Waals surface area (Å²) in [6.45, 7) is 2.32. The van der Waals surface area contributed by atoms with E-state index in [1.54, 1.807) is 22.4 Å². The Hall–Kier alpha value is -2.79. The molecule has 1 amide bonds. The molecular weight excluding hydrogens is 451 g/mol. The quantitative estimate of drug-likeness (QED) is 0.524. The molecule has 0 spiro atoms. The van der Waals surface area contributed by atoms with E-state index in [0.717, 1.165) is 12.1 Å². The summed E-state index contributed by atoms with van der Waals surface area (Å²) < 4.78 is 66.5. The van der Waals surface area contributed by atoms with Gasteiger partial charge in [0, 0.05) is 44.5 Å². The Morgan fingerprint density at radius 3 is 2.50 bits per heavy atom. The van der Waals surface area contributed by atoms with Gasteiger partial charge in [0.05, 0.1) is 11.4 Å². The van der Waals surface area contributed by atoms with Gasteiger partial charge in [-0.05, 0) is 29.1 Å². The number of nitrogens with zero attached hydrogens (tertiary/aromatic N) is 4. The summed E-state index contributed by atoms with van der Waals surface area (Å²) >= 11 is 1.23. The molecule has 4 rings (SSSR count). The molecule has 1 fully saturated rings. The summed E-state index contributed by atoms with van der Waals surface area (Å²) in [7, 11) is 0. The van der Waals surface area contributed by atoms with Crippen molar-refractivity contribution in [1.82, 2.24) is 19.6 Å². The van der Waals surface area contributed by atoms with Crippen molar-refractivity contribution in [2.45, 2.75) is 19.3 Å². The predicted molar refractivity (Wildman–Crippen MR) is 108 cm³/mol. The normalized spacial score (nSPS) is 15.3. The van der Waals surface area contributed by atoms with Crippen LogP contribution in [-0.2, 0) is 19.3 Å². The first-order chi connectivity index (χ1) is 15.2. The van der Waals surface area contributed by atoms with Gasteiger partial charge in [-0.3, -0.25) is 14.4 Å². The van der Waals surface area contributed by atoms with Gasteiger partial charge in [0.1, 0.15) is 0 Å². The standard InChI is InChI=1S/C21H19F5N4OS/c22-16-3-1-2-15(19(16)23)12-28-6-8-29(9-7-28)20(31)17-10-14(13-32-17)11-30-5-4-18(27-30)21(24,25)26/h1-5,10,13H,6-9,11-12H2. The second kappa shape index (κ2) is 8.99. The Morgan fingerprint density at radius 1 is 1.06 bits per heavy atom. The Morgan fingerprint density at radius 2 is 1.81 bits per heavy atom. The summed E-state index contributed by atoms with van der Waals surface area (Å²) in [6, 6.07) is 6.66. The molecule has 3 aromatic rings. The Kier molecular flexibility index (Phi) is 6.29. The van der Waals surface area contributed by atoms with E-state index in [1.807, 2.05) is 4.90 Å². The molecule has 1 aliphatic heterocycles. The molecule has 11 heteroatoms. The molecule has 3 heterocycles. The van der Waals surface area contributed by atoms with Crippen LogP contribution in [0.25, 0.3) is 0 Å². The number of piperazine rings is 1. The SMILES string of the molecule is O=C(c1cc(Cn2ccc(C(F)(F)F)n2)cs1)N1CCN(Cc2cccc(F)c2F)CC1. The van der Waals surface area contributed by atoms with Gasteiger partial charge < -0.3 is 4.90 Å². The molecule has 1 aromatic carbocycles. The summed E-state index contributed by atoms with van der Waals surface area (Å²) in [5, 5.41) is 5.25. The van der Waals surface area contributed by atoms with Crippen molar-refractivity contribution in [3.63, 3.8) is 0 Å². The van der Waals surface area contributed by atoms with E-state index >= 15 is 0 Å². The maximum Gasteiger partial charge on any atom is 0.435 e. The molecule has 0 radical (unpaired) electrons. The van der Waals surface area contributed by atoms with Crippen LogP contribution in [0.1, 0.15) is 26.5 Å². The summed E-state index contributed by atoms with van der Waals surface area (Å²) in [4.78, 5) is 16.9. The van der Waals surface area contributed by atoms with E-state index in [9.17, 15) is 26.7 Å². The highest BCUT2D eigenvalue weighted by Crippen LogP contribution is 2.27. The third kappa shape index (κ3) is 4.99. The minimum atomic E-state index is -4.50. The number of carbonyl (C=O) groups is 1. The number of hydrogen-bond acceptors (Lipinski definition) is 4. The molecule has 5 nitrogen and oxygen atoms in total. The lowest BCUT2D eigenvalue weighted by molar-refractivity contribution is -0.141. The topological polar surface area (TPSA) is 41.4 Å². The molecule has 0 bridgehead atoms. The molecule has 0 atom stereocenters. The fraction of sp³-hybridized carbons (Fsp3) is 0.333. The average molecular weight is 470 g/mol. The Labute approximate surface area is 184 Å². The van der Waals surface area contributed by atoms with Crippen molar-refractivity contribution in [2.24, 2.45) is 0 Å². The number of benzene rings is 1. The van der Waals surface area contributed by atoms with Crippen LogP contribution in [0.2, 0.25) is 0 Å². The molecule has 0 unspecified atom stereocenters. The van der Waals surface area contributed by atoms with Crippen LogP contribution in [0.3, 0.4) is 0 Å². The largest absolute Gasteiger partial charge is 0.435 e. The lowest BCUT2D eigenvalue weighted by atomic mass is 10.1. The summed E-state index contributed by atoms with van der Waals surface area (Å²) in [6.07, 6.45) is -3.24. The van der Waals surface area contributed by atoms with Crippen LogP contribution >= 0.6 is 11.3 Å². The number of halogens is 5. The van der Waals surface area contributed by atoms with Crippen molar-refractivity contribution >= 4 is 17.2 Å². The van der Waals surface area contributed by atoms with E-state index in [2.05, 4.69) is 5.10 Å². The Bertz CT molecular complexity index is 1100. The number of rotatable bonds is 5. The first-order valence-electron chi connectivity index (χ1n) is 9.83. The molecule has 32 heavy (non-hydrogen) atoms. The van der Waals surface area contributed by atoms with E-state index in [1.165, 1.54) is 28.3 Å². The zero-order valence-corrected chi connectivity index (χ0v) is 17.6. The van der Waals surface area contributed by atoms with Gasteiger partial charge in [-0.2, -0.15) is 18.3 Å². The Balaban J connectivity index is 1.32. The number of thiophene rings is 1. The van der Waals surface area contributed by atoms with Crippen LogP contribution in [-0.4, -0.2) is 51.7 Å². The molecule has 0 N–H and O–H groups in total. The highest BCUT2D eigenvalue weighted by Gasteiger charge is 2.33. The minimum Gasteiger partial charge on any atom is -0.335 e. The second-order valence-corrected chi connectivity index (χ2v) is 8.41. The highest BCUT2D eigenvalue weighted by atomic mass is 32.1. The van der Waals surface area contributed by atoms with Crippen LogP contribution in [0.4, 0.5) is 22.0 Å². The third-order valence-electron chi connectivity index (χ3n) is 5.23. The van der Waals surface area contributed by atoms with E-state index in [4.69, 9.17) is 0 Å². The monoisotopic (exact) mass is 470 g/mol. The van der Waals surface area contributed by atoms with Crippen LogP contribution in [0, 0.1) is 11.6 Å².